The van der Waals surface area contributed by atoms with Gasteiger partial charge in [-0.05, 0) is 62.2 Å². The van der Waals surface area contributed by atoms with Crippen LogP contribution in [0.25, 0.3) is 0 Å². The molecule has 0 radical (unpaired) electrons. The number of halogens is 1. The minimum absolute atomic E-state index is 0.195. The van der Waals surface area contributed by atoms with Crippen LogP contribution in [0, 0.1) is 18.8 Å². The molecule has 4 aliphatic rings. The summed E-state index contributed by atoms with van der Waals surface area (Å²) in [6.45, 7) is 3.78. The number of nitrogens with zero attached hydrogens (tertiary/aromatic N) is 2. The summed E-state index contributed by atoms with van der Waals surface area (Å²) >= 11 is 6.33. The van der Waals surface area contributed by atoms with E-state index >= 15 is 0 Å². The standard InChI is InChI=1S/C25H22ClN3O5/c1-12-17(26)10-9-16-21(12)27-24(33)25(16)20-19(18-4-3-11-28(18)25)22(31)29(23(20)32)14-5-7-15(8-6-14)34-13(2)30/h5-10,18-20H,3-4,11H2,1-2H3,(H,27,33)/t18-,19+,20+,25+/m0/s1. The molecule has 34 heavy (non-hydrogen) atoms. The number of carbonyl (C=O) groups excluding carboxylic acids is 4. The molecule has 1 N–H and O–H groups in total. The highest BCUT2D eigenvalue weighted by molar-refractivity contribution is 6.32. The van der Waals surface area contributed by atoms with Gasteiger partial charge < -0.3 is 10.1 Å². The Morgan fingerprint density at radius 2 is 1.85 bits per heavy atom. The molecule has 0 bridgehead atoms. The van der Waals surface area contributed by atoms with Crippen molar-refractivity contribution in [3.8, 4) is 5.75 Å². The summed E-state index contributed by atoms with van der Waals surface area (Å²) in [7, 11) is 0. The van der Waals surface area contributed by atoms with Gasteiger partial charge in [0.2, 0.25) is 17.7 Å². The van der Waals surface area contributed by atoms with E-state index in [0.29, 0.717) is 34.3 Å². The van der Waals surface area contributed by atoms with Crippen molar-refractivity contribution in [2.45, 2.75) is 38.3 Å². The van der Waals surface area contributed by atoms with Gasteiger partial charge in [-0.2, -0.15) is 0 Å². The lowest BCUT2D eigenvalue weighted by Gasteiger charge is -2.36. The molecule has 4 atom stereocenters. The normalized spacial score (nSPS) is 29.4. The average molecular weight is 480 g/mol. The van der Waals surface area contributed by atoms with Gasteiger partial charge in [0.05, 0.1) is 23.2 Å². The number of esters is 1. The Hall–Kier alpha value is -3.23. The van der Waals surface area contributed by atoms with Crippen LogP contribution in [-0.4, -0.2) is 41.2 Å². The van der Waals surface area contributed by atoms with Crippen molar-refractivity contribution >= 4 is 46.7 Å². The zero-order chi connectivity index (χ0) is 23.9. The van der Waals surface area contributed by atoms with Crippen LogP contribution in [0.2, 0.25) is 5.02 Å². The zero-order valence-corrected chi connectivity index (χ0v) is 19.4. The first-order valence-corrected chi connectivity index (χ1v) is 11.7. The van der Waals surface area contributed by atoms with Gasteiger partial charge in [0.1, 0.15) is 11.3 Å². The van der Waals surface area contributed by atoms with Gasteiger partial charge in [-0.15, -0.1) is 0 Å². The van der Waals surface area contributed by atoms with E-state index in [-0.39, 0.29) is 23.8 Å². The molecule has 4 heterocycles. The van der Waals surface area contributed by atoms with E-state index in [9.17, 15) is 19.2 Å². The van der Waals surface area contributed by atoms with E-state index in [1.165, 1.54) is 11.8 Å². The van der Waals surface area contributed by atoms with Crippen molar-refractivity contribution in [1.82, 2.24) is 4.90 Å². The largest absolute Gasteiger partial charge is 0.427 e. The number of rotatable bonds is 2. The molecule has 0 aliphatic carbocycles. The fourth-order valence-corrected chi connectivity index (χ4v) is 6.63. The van der Waals surface area contributed by atoms with Gasteiger partial charge in [0.15, 0.2) is 0 Å². The molecular formula is C25H22ClN3O5. The van der Waals surface area contributed by atoms with Gasteiger partial charge >= 0.3 is 5.97 Å². The number of fused-ring (bicyclic) bond motifs is 7. The first-order valence-electron chi connectivity index (χ1n) is 11.3. The van der Waals surface area contributed by atoms with Crippen LogP contribution in [0.3, 0.4) is 0 Å². The maximum Gasteiger partial charge on any atom is 0.308 e. The quantitative estimate of drug-likeness (QED) is 0.404. The molecule has 0 unspecified atom stereocenters. The second kappa shape index (κ2) is 7.13. The number of amides is 3. The van der Waals surface area contributed by atoms with E-state index < -0.39 is 23.3 Å². The highest BCUT2D eigenvalue weighted by Gasteiger charge is 2.74. The van der Waals surface area contributed by atoms with Crippen LogP contribution in [0.1, 0.15) is 30.9 Å². The Labute approximate surface area is 200 Å². The van der Waals surface area contributed by atoms with Gasteiger partial charge in [0, 0.05) is 23.6 Å². The molecule has 0 saturated carbocycles. The molecule has 174 valence electrons. The SMILES string of the molecule is CC(=O)Oc1ccc(N2C(=O)[C@@H]3[C@@H]4CCCN4[C@@]4(C(=O)Nc5c4ccc(Cl)c5C)[C@H]3C2=O)cc1. The molecule has 2 aromatic carbocycles. The molecule has 8 nitrogen and oxygen atoms in total. The summed E-state index contributed by atoms with van der Waals surface area (Å²) in [5.74, 6) is -2.54. The maximum atomic E-state index is 13.9. The lowest BCUT2D eigenvalue weighted by atomic mass is 9.75. The monoisotopic (exact) mass is 479 g/mol. The van der Waals surface area contributed by atoms with Crippen molar-refractivity contribution in [2.24, 2.45) is 11.8 Å². The minimum Gasteiger partial charge on any atom is -0.427 e. The number of hydrogen-bond acceptors (Lipinski definition) is 6. The van der Waals surface area contributed by atoms with E-state index in [1.54, 1.807) is 30.3 Å². The van der Waals surface area contributed by atoms with Crippen LogP contribution in [0.15, 0.2) is 36.4 Å². The van der Waals surface area contributed by atoms with Crippen LogP contribution in [-0.2, 0) is 24.7 Å². The van der Waals surface area contributed by atoms with E-state index in [2.05, 4.69) is 10.2 Å². The van der Waals surface area contributed by atoms with Crippen LogP contribution < -0.4 is 15.0 Å². The Balaban J connectivity index is 1.48. The van der Waals surface area contributed by atoms with Crippen LogP contribution in [0.4, 0.5) is 11.4 Å². The van der Waals surface area contributed by atoms with E-state index in [1.807, 2.05) is 13.0 Å². The minimum atomic E-state index is -1.24. The number of benzene rings is 2. The first-order chi connectivity index (χ1) is 16.3. The predicted molar refractivity (Wildman–Crippen MR) is 123 cm³/mol. The Kier molecular flexibility index (Phi) is 4.47. The second-order valence-electron chi connectivity index (χ2n) is 9.32. The van der Waals surface area contributed by atoms with Crippen molar-refractivity contribution in [3.63, 3.8) is 0 Å². The van der Waals surface area contributed by atoms with Gasteiger partial charge in [-0.25, -0.2) is 4.90 Å². The van der Waals surface area contributed by atoms with Gasteiger partial charge in [-0.3, -0.25) is 24.1 Å². The van der Waals surface area contributed by atoms with Crippen LogP contribution >= 0.6 is 11.6 Å². The second-order valence-corrected chi connectivity index (χ2v) is 9.73. The number of ether oxygens (including phenoxy) is 1. The summed E-state index contributed by atoms with van der Waals surface area (Å²) < 4.78 is 5.07. The summed E-state index contributed by atoms with van der Waals surface area (Å²) in [4.78, 5) is 55.9. The third kappa shape index (κ3) is 2.52. The lowest BCUT2D eigenvalue weighted by molar-refractivity contribution is -0.135. The molecule has 3 saturated heterocycles. The Bertz CT molecular complexity index is 1290. The maximum absolute atomic E-state index is 13.9. The molecule has 2 aromatic rings. The molecule has 3 amide bonds. The van der Waals surface area contributed by atoms with E-state index in [4.69, 9.17) is 16.3 Å². The fourth-order valence-electron chi connectivity index (χ4n) is 6.47. The predicted octanol–water partition coefficient (Wildman–Crippen LogP) is 3.00. The van der Waals surface area contributed by atoms with Crippen LogP contribution in [0.5, 0.6) is 5.75 Å². The van der Waals surface area contributed by atoms with Crippen molar-refractivity contribution in [1.29, 1.82) is 0 Å². The van der Waals surface area contributed by atoms with Crippen molar-refractivity contribution < 1.29 is 23.9 Å². The molecule has 3 fully saturated rings. The van der Waals surface area contributed by atoms with E-state index in [0.717, 1.165) is 18.4 Å². The number of imide groups is 1. The first kappa shape index (κ1) is 21.3. The average Bonchev–Trinajstić information content (AvgIpc) is 3.50. The van der Waals surface area contributed by atoms with Gasteiger partial charge in [-0.1, -0.05) is 17.7 Å². The highest BCUT2D eigenvalue weighted by atomic mass is 35.5. The number of hydrogen-bond donors (Lipinski definition) is 1. The summed E-state index contributed by atoms with van der Waals surface area (Å²) in [6, 6.07) is 9.64. The molecule has 6 rings (SSSR count). The Morgan fingerprint density at radius 3 is 2.56 bits per heavy atom. The Morgan fingerprint density at radius 1 is 1.12 bits per heavy atom. The highest BCUT2D eigenvalue weighted by Crippen LogP contribution is 2.61. The number of nitrogens with one attached hydrogen (secondary N) is 1. The molecule has 1 spiro atoms. The lowest BCUT2D eigenvalue weighted by Crippen LogP contribution is -2.54. The zero-order valence-electron chi connectivity index (χ0n) is 18.6. The smallest absolute Gasteiger partial charge is 0.308 e. The third-order valence-corrected chi connectivity index (χ3v) is 8.13. The number of anilines is 2. The van der Waals surface area contributed by atoms with Crippen molar-refractivity contribution in [3.05, 3.63) is 52.5 Å². The number of carbonyl (C=O) groups is 4. The van der Waals surface area contributed by atoms with Crippen molar-refractivity contribution in [2.75, 3.05) is 16.8 Å². The summed E-state index contributed by atoms with van der Waals surface area (Å²) in [5, 5.41) is 3.52. The molecule has 0 aromatic heterocycles. The third-order valence-electron chi connectivity index (χ3n) is 7.72. The molecule has 9 heteroatoms. The van der Waals surface area contributed by atoms with Gasteiger partial charge in [0.25, 0.3) is 0 Å². The molecule has 4 aliphatic heterocycles. The molecular weight excluding hydrogens is 458 g/mol. The topological polar surface area (TPSA) is 96.0 Å². The summed E-state index contributed by atoms with van der Waals surface area (Å²) in [5.41, 5.74) is 1.25. The summed E-state index contributed by atoms with van der Waals surface area (Å²) in [6.07, 6.45) is 1.60. The fraction of sp³-hybridized carbons (Fsp3) is 0.360.